The lowest BCUT2D eigenvalue weighted by Gasteiger charge is -2.07. The molecule has 6 heteroatoms. The summed E-state index contributed by atoms with van der Waals surface area (Å²) in [4.78, 5) is 18.6. The maximum absolute atomic E-state index is 12.0. The van der Waals surface area contributed by atoms with Gasteiger partial charge in [0.25, 0.3) is 5.56 Å². The van der Waals surface area contributed by atoms with Crippen LogP contribution in [0.25, 0.3) is 11.1 Å². The van der Waals surface area contributed by atoms with E-state index in [1.54, 1.807) is 18.2 Å². The number of aromatic amines is 1. The van der Waals surface area contributed by atoms with E-state index in [2.05, 4.69) is 25.9 Å². The van der Waals surface area contributed by atoms with Crippen molar-refractivity contribution < 1.29 is 9.84 Å². The quantitative estimate of drug-likeness (QED) is 0.905. The van der Waals surface area contributed by atoms with Crippen LogP contribution in [0, 0.1) is 0 Å². The zero-order valence-corrected chi connectivity index (χ0v) is 11.9. The zero-order chi connectivity index (χ0) is 13.8. The molecule has 0 atom stereocenters. The standard InChI is InChI=1S/C13H13BrN2O3/c1-2-19-7-10-15-12(17)11(13(18)16-10)8-5-3-4-6-9(8)14/h3-6H,2,7H2,1H3,(H2,15,16,17,18). The van der Waals surface area contributed by atoms with Crippen molar-refractivity contribution in [3.63, 3.8) is 0 Å². The largest absolute Gasteiger partial charge is 0.493 e. The highest BCUT2D eigenvalue weighted by atomic mass is 79.9. The average Bonchev–Trinajstić information content (AvgIpc) is 2.38. The molecule has 1 aromatic heterocycles. The second-order valence-corrected chi connectivity index (χ2v) is 4.68. The molecule has 0 bridgehead atoms. The fraction of sp³-hybridized carbons (Fsp3) is 0.231. The number of aromatic nitrogens is 2. The topological polar surface area (TPSA) is 75.2 Å². The minimum absolute atomic E-state index is 0.146. The molecule has 2 rings (SSSR count). The SMILES string of the molecule is CCOCc1nc(O)c(-c2ccccc2Br)c(=O)[nH]1. The molecule has 0 spiro atoms. The van der Waals surface area contributed by atoms with E-state index >= 15 is 0 Å². The summed E-state index contributed by atoms with van der Waals surface area (Å²) >= 11 is 3.35. The first-order chi connectivity index (χ1) is 9.13. The number of benzene rings is 1. The second-order valence-electron chi connectivity index (χ2n) is 3.83. The first-order valence-electron chi connectivity index (χ1n) is 5.78. The van der Waals surface area contributed by atoms with Gasteiger partial charge in [-0.1, -0.05) is 34.1 Å². The summed E-state index contributed by atoms with van der Waals surface area (Å²) in [5.74, 6) is 0.00510. The number of halogens is 1. The molecule has 5 nitrogen and oxygen atoms in total. The Hall–Kier alpha value is -1.66. The summed E-state index contributed by atoms with van der Waals surface area (Å²) < 4.78 is 5.86. The van der Waals surface area contributed by atoms with Crippen molar-refractivity contribution in [2.75, 3.05) is 6.61 Å². The molecule has 0 saturated carbocycles. The number of aromatic hydroxyl groups is 1. The molecule has 2 N–H and O–H groups in total. The van der Waals surface area contributed by atoms with Crippen LogP contribution in [0.15, 0.2) is 33.5 Å². The maximum Gasteiger partial charge on any atom is 0.262 e. The van der Waals surface area contributed by atoms with Gasteiger partial charge in [-0.3, -0.25) is 4.79 Å². The Balaban J connectivity index is 2.49. The van der Waals surface area contributed by atoms with E-state index < -0.39 is 5.56 Å². The van der Waals surface area contributed by atoms with Crippen LogP contribution in [0.3, 0.4) is 0 Å². The van der Waals surface area contributed by atoms with Crippen molar-refractivity contribution in [1.82, 2.24) is 9.97 Å². The first kappa shape index (κ1) is 13.8. The molecule has 0 saturated heterocycles. The van der Waals surface area contributed by atoms with Gasteiger partial charge in [-0.25, -0.2) is 0 Å². The third-order valence-corrected chi connectivity index (χ3v) is 3.23. The molecule has 0 aliphatic rings. The monoisotopic (exact) mass is 324 g/mol. The molecule has 0 unspecified atom stereocenters. The molecule has 1 heterocycles. The number of H-pyrrole nitrogens is 1. The molecule has 19 heavy (non-hydrogen) atoms. The fourth-order valence-corrected chi connectivity index (χ4v) is 2.16. The fourth-order valence-electron chi connectivity index (χ4n) is 1.68. The van der Waals surface area contributed by atoms with Crippen molar-refractivity contribution >= 4 is 15.9 Å². The van der Waals surface area contributed by atoms with Crippen molar-refractivity contribution in [3.8, 4) is 17.0 Å². The Bertz CT molecular complexity index is 640. The van der Waals surface area contributed by atoms with Crippen molar-refractivity contribution in [2.45, 2.75) is 13.5 Å². The van der Waals surface area contributed by atoms with Crippen molar-refractivity contribution in [1.29, 1.82) is 0 Å². The summed E-state index contributed by atoms with van der Waals surface area (Å²) in [5.41, 5.74) is 0.346. The first-order valence-corrected chi connectivity index (χ1v) is 6.57. The number of nitrogens with one attached hydrogen (secondary N) is 1. The third-order valence-electron chi connectivity index (χ3n) is 2.54. The summed E-state index contributed by atoms with van der Waals surface area (Å²) in [7, 11) is 0. The van der Waals surface area contributed by atoms with Gasteiger partial charge in [-0.15, -0.1) is 0 Å². The minimum Gasteiger partial charge on any atom is -0.493 e. The van der Waals surface area contributed by atoms with Crippen LogP contribution in [0.2, 0.25) is 0 Å². The van der Waals surface area contributed by atoms with Gasteiger partial charge in [0.05, 0.1) is 0 Å². The predicted molar refractivity (Wildman–Crippen MR) is 75.0 cm³/mol. The van der Waals surface area contributed by atoms with Crippen molar-refractivity contribution in [2.24, 2.45) is 0 Å². The smallest absolute Gasteiger partial charge is 0.262 e. The van der Waals surface area contributed by atoms with E-state index in [4.69, 9.17) is 4.74 Å². The summed E-state index contributed by atoms with van der Waals surface area (Å²) in [6.07, 6.45) is 0. The van der Waals surface area contributed by atoms with Crippen molar-refractivity contribution in [3.05, 3.63) is 44.9 Å². The molecule has 0 aliphatic heterocycles. The van der Waals surface area contributed by atoms with Gasteiger partial charge in [-0.2, -0.15) is 4.98 Å². The average molecular weight is 325 g/mol. The Labute approximate surface area is 118 Å². The van der Waals surface area contributed by atoms with Gasteiger partial charge < -0.3 is 14.8 Å². The van der Waals surface area contributed by atoms with Gasteiger partial charge >= 0.3 is 0 Å². The van der Waals surface area contributed by atoms with Gasteiger partial charge in [0, 0.05) is 16.6 Å². The highest BCUT2D eigenvalue weighted by molar-refractivity contribution is 9.10. The number of hydrogen-bond donors (Lipinski definition) is 2. The summed E-state index contributed by atoms with van der Waals surface area (Å²) in [6, 6.07) is 7.14. The van der Waals surface area contributed by atoms with Gasteiger partial charge in [0.15, 0.2) is 0 Å². The van der Waals surface area contributed by atoms with Crippen LogP contribution >= 0.6 is 15.9 Å². The van der Waals surface area contributed by atoms with E-state index in [-0.39, 0.29) is 18.1 Å². The molecule has 0 amide bonds. The Morgan fingerprint density at radius 2 is 2.16 bits per heavy atom. The van der Waals surface area contributed by atoms with Gasteiger partial charge in [0.2, 0.25) is 5.88 Å². The molecule has 0 aliphatic carbocycles. The summed E-state index contributed by atoms with van der Waals surface area (Å²) in [6.45, 7) is 2.51. The van der Waals surface area contributed by atoms with Crippen LogP contribution < -0.4 is 5.56 Å². The minimum atomic E-state index is -0.394. The Morgan fingerprint density at radius 3 is 2.79 bits per heavy atom. The molecule has 0 fully saturated rings. The van der Waals surface area contributed by atoms with Crippen LogP contribution in [-0.2, 0) is 11.3 Å². The lowest BCUT2D eigenvalue weighted by atomic mass is 10.1. The van der Waals surface area contributed by atoms with E-state index in [0.717, 1.165) is 4.47 Å². The van der Waals surface area contributed by atoms with E-state index in [1.807, 2.05) is 13.0 Å². The Kier molecular flexibility index (Phi) is 4.34. The summed E-state index contributed by atoms with van der Waals surface area (Å²) in [5, 5.41) is 9.94. The number of rotatable bonds is 4. The van der Waals surface area contributed by atoms with E-state index in [1.165, 1.54) is 0 Å². The van der Waals surface area contributed by atoms with Crippen LogP contribution in [0.1, 0.15) is 12.7 Å². The molecular formula is C13H13BrN2O3. The van der Waals surface area contributed by atoms with E-state index in [9.17, 15) is 9.90 Å². The number of hydrogen-bond acceptors (Lipinski definition) is 4. The normalized spacial score (nSPS) is 10.6. The third kappa shape index (κ3) is 3.02. The van der Waals surface area contributed by atoms with Crippen LogP contribution in [-0.4, -0.2) is 21.7 Å². The molecule has 0 radical (unpaired) electrons. The highest BCUT2D eigenvalue weighted by Crippen LogP contribution is 2.30. The second kappa shape index (κ2) is 5.99. The number of ether oxygens (including phenoxy) is 1. The predicted octanol–water partition coefficient (Wildman–Crippen LogP) is 2.44. The lowest BCUT2D eigenvalue weighted by Crippen LogP contribution is -2.15. The van der Waals surface area contributed by atoms with Gasteiger partial charge in [0.1, 0.15) is 18.0 Å². The molecule has 1 aromatic carbocycles. The van der Waals surface area contributed by atoms with E-state index in [0.29, 0.717) is 18.0 Å². The van der Waals surface area contributed by atoms with Crippen LogP contribution in [0.4, 0.5) is 0 Å². The number of nitrogens with zero attached hydrogens (tertiary/aromatic N) is 1. The molecule has 100 valence electrons. The lowest BCUT2D eigenvalue weighted by molar-refractivity contribution is 0.127. The molecular weight excluding hydrogens is 312 g/mol. The highest BCUT2D eigenvalue weighted by Gasteiger charge is 2.15. The molecule has 2 aromatic rings. The Morgan fingerprint density at radius 1 is 1.42 bits per heavy atom. The maximum atomic E-state index is 12.0. The van der Waals surface area contributed by atoms with Crippen LogP contribution in [0.5, 0.6) is 5.88 Å². The van der Waals surface area contributed by atoms with Gasteiger partial charge in [-0.05, 0) is 13.0 Å². The zero-order valence-electron chi connectivity index (χ0n) is 10.3.